The Bertz CT molecular complexity index is 1190. The molecule has 1 N–H and O–H groups in total. The largest absolute Gasteiger partial charge is 0.465 e. The molecule has 8 heteroatoms. The summed E-state index contributed by atoms with van der Waals surface area (Å²) in [6.07, 6.45) is 2.80. The molecule has 0 bridgehead atoms. The third-order valence-electron chi connectivity index (χ3n) is 6.84. The van der Waals surface area contributed by atoms with Crippen molar-refractivity contribution in [2.24, 2.45) is 5.92 Å². The normalized spacial score (nSPS) is 19.9. The van der Waals surface area contributed by atoms with Gasteiger partial charge in [0.15, 0.2) is 0 Å². The molecule has 34 heavy (non-hydrogen) atoms. The first-order chi connectivity index (χ1) is 16.2. The molecule has 1 atom stereocenters. The summed E-state index contributed by atoms with van der Waals surface area (Å²) in [6.45, 7) is 6.38. The van der Waals surface area contributed by atoms with E-state index in [0.29, 0.717) is 42.1 Å². The van der Waals surface area contributed by atoms with E-state index < -0.39 is 21.4 Å². The van der Waals surface area contributed by atoms with E-state index in [2.05, 4.69) is 5.32 Å². The summed E-state index contributed by atoms with van der Waals surface area (Å²) in [5, 5.41) is 2.92. The van der Waals surface area contributed by atoms with Gasteiger partial charge in [-0.25, -0.2) is 8.42 Å². The maximum absolute atomic E-state index is 13.3. The van der Waals surface area contributed by atoms with Crippen molar-refractivity contribution in [3.8, 4) is 0 Å². The fraction of sp³-hybridized carbons (Fsp3) is 0.462. The highest BCUT2D eigenvalue weighted by Crippen LogP contribution is 2.49. The minimum atomic E-state index is -3.67. The van der Waals surface area contributed by atoms with Crippen molar-refractivity contribution in [3.05, 3.63) is 59.2 Å². The molecule has 182 valence electrons. The second kappa shape index (κ2) is 9.50. The predicted octanol–water partition coefficient (Wildman–Crippen LogP) is 3.94. The van der Waals surface area contributed by atoms with Crippen molar-refractivity contribution < 1.29 is 22.7 Å². The number of esters is 1. The molecule has 1 amide bonds. The van der Waals surface area contributed by atoms with Gasteiger partial charge in [-0.2, -0.15) is 4.31 Å². The van der Waals surface area contributed by atoms with Crippen LogP contribution in [-0.2, 0) is 29.8 Å². The zero-order valence-electron chi connectivity index (χ0n) is 20.0. The molecule has 2 aliphatic rings. The van der Waals surface area contributed by atoms with Gasteiger partial charge in [0.2, 0.25) is 15.9 Å². The molecule has 1 saturated carbocycles. The quantitative estimate of drug-likeness (QED) is 0.601. The SMILES string of the molecule is CCOC(=O)C1(c2ccc(NC(=O)[C@@H]3CCCN(S(=O)(=O)c4cc(C)ccc4C)C3)cc2)CC1. The van der Waals surface area contributed by atoms with Crippen molar-refractivity contribution in [2.75, 3.05) is 25.0 Å². The molecule has 2 aromatic rings. The van der Waals surface area contributed by atoms with Crippen LogP contribution >= 0.6 is 0 Å². The van der Waals surface area contributed by atoms with E-state index in [1.54, 1.807) is 32.0 Å². The lowest BCUT2D eigenvalue weighted by atomic mass is 9.95. The molecule has 0 radical (unpaired) electrons. The van der Waals surface area contributed by atoms with Gasteiger partial charge in [0.1, 0.15) is 0 Å². The number of nitrogens with zero attached hydrogens (tertiary/aromatic N) is 1. The first kappa shape index (κ1) is 24.4. The number of rotatable bonds is 7. The Morgan fingerprint density at radius 3 is 2.47 bits per heavy atom. The number of aryl methyl sites for hydroxylation is 2. The van der Waals surface area contributed by atoms with Crippen LogP contribution < -0.4 is 5.32 Å². The molecule has 0 unspecified atom stereocenters. The fourth-order valence-corrected chi connectivity index (χ4v) is 6.45. The van der Waals surface area contributed by atoms with E-state index in [1.807, 2.05) is 31.2 Å². The Kier molecular flexibility index (Phi) is 6.82. The number of anilines is 1. The molecular weight excluding hydrogens is 452 g/mol. The van der Waals surface area contributed by atoms with E-state index in [4.69, 9.17) is 4.74 Å². The average molecular weight is 485 g/mol. The minimum Gasteiger partial charge on any atom is -0.465 e. The number of carbonyl (C=O) groups is 2. The van der Waals surface area contributed by atoms with E-state index in [1.165, 1.54) is 4.31 Å². The number of piperidine rings is 1. The smallest absolute Gasteiger partial charge is 0.316 e. The van der Waals surface area contributed by atoms with Crippen LogP contribution in [0.15, 0.2) is 47.4 Å². The Labute approximate surface area is 201 Å². The van der Waals surface area contributed by atoms with Gasteiger partial charge in [0.25, 0.3) is 0 Å². The highest BCUT2D eigenvalue weighted by molar-refractivity contribution is 7.89. The monoisotopic (exact) mass is 484 g/mol. The molecule has 1 aliphatic carbocycles. The molecule has 2 aromatic carbocycles. The summed E-state index contributed by atoms with van der Waals surface area (Å²) in [6, 6.07) is 12.7. The van der Waals surface area contributed by atoms with Gasteiger partial charge in [-0.15, -0.1) is 0 Å². The number of benzene rings is 2. The molecule has 1 aliphatic heterocycles. The lowest BCUT2D eigenvalue weighted by molar-refractivity contribution is -0.146. The number of hydrogen-bond donors (Lipinski definition) is 1. The number of nitrogens with one attached hydrogen (secondary N) is 1. The first-order valence-corrected chi connectivity index (χ1v) is 13.3. The molecule has 1 saturated heterocycles. The van der Waals surface area contributed by atoms with Crippen molar-refractivity contribution >= 4 is 27.6 Å². The Balaban J connectivity index is 1.43. The summed E-state index contributed by atoms with van der Waals surface area (Å²) in [4.78, 5) is 25.6. The molecule has 0 spiro atoms. The first-order valence-electron chi connectivity index (χ1n) is 11.8. The van der Waals surface area contributed by atoms with E-state index in [0.717, 1.165) is 24.0 Å². The highest BCUT2D eigenvalue weighted by Gasteiger charge is 2.52. The van der Waals surface area contributed by atoms with Gasteiger partial charge in [-0.05, 0) is 81.3 Å². The zero-order chi connectivity index (χ0) is 24.5. The van der Waals surface area contributed by atoms with Crippen LogP contribution in [0.25, 0.3) is 0 Å². The predicted molar refractivity (Wildman–Crippen MR) is 130 cm³/mol. The van der Waals surface area contributed by atoms with Crippen LogP contribution in [0.4, 0.5) is 5.69 Å². The van der Waals surface area contributed by atoms with Crippen LogP contribution in [0.5, 0.6) is 0 Å². The highest BCUT2D eigenvalue weighted by atomic mass is 32.2. The number of carbonyl (C=O) groups excluding carboxylic acids is 2. The number of amides is 1. The second-order valence-corrected chi connectivity index (χ2v) is 11.2. The minimum absolute atomic E-state index is 0.158. The Morgan fingerprint density at radius 1 is 1.12 bits per heavy atom. The maximum Gasteiger partial charge on any atom is 0.316 e. The summed E-state index contributed by atoms with van der Waals surface area (Å²) >= 11 is 0. The number of ether oxygens (including phenoxy) is 1. The van der Waals surface area contributed by atoms with E-state index in [-0.39, 0.29) is 18.4 Å². The lowest BCUT2D eigenvalue weighted by Crippen LogP contribution is -2.43. The average Bonchev–Trinajstić information content (AvgIpc) is 3.63. The molecule has 0 aromatic heterocycles. The van der Waals surface area contributed by atoms with Crippen molar-refractivity contribution in [2.45, 2.75) is 56.8 Å². The third-order valence-corrected chi connectivity index (χ3v) is 8.84. The molecule has 7 nitrogen and oxygen atoms in total. The standard InChI is InChI=1S/C26H32N2O5S/c1-4-33-25(30)26(13-14-26)21-9-11-22(12-10-21)27-24(29)20-6-5-15-28(17-20)34(31,32)23-16-18(2)7-8-19(23)3/h7-12,16,20H,4-6,13-15,17H2,1-3H3,(H,27,29)/t20-/m1/s1. The maximum atomic E-state index is 13.3. The number of hydrogen-bond acceptors (Lipinski definition) is 5. The topological polar surface area (TPSA) is 92.8 Å². The van der Waals surface area contributed by atoms with Crippen molar-refractivity contribution in [3.63, 3.8) is 0 Å². The van der Waals surface area contributed by atoms with Gasteiger partial charge in [-0.3, -0.25) is 9.59 Å². The molecule has 2 fully saturated rings. The van der Waals surface area contributed by atoms with Crippen LogP contribution in [0, 0.1) is 19.8 Å². The zero-order valence-corrected chi connectivity index (χ0v) is 20.8. The Hall–Kier alpha value is -2.71. The summed E-state index contributed by atoms with van der Waals surface area (Å²) in [7, 11) is -3.67. The van der Waals surface area contributed by atoms with Crippen LogP contribution in [0.3, 0.4) is 0 Å². The van der Waals surface area contributed by atoms with Crippen molar-refractivity contribution in [1.29, 1.82) is 0 Å². The summed E-state index contributed by atoms with van der Waals surface area (Å²) in [5.41, 5.74) is 2.56. The third kappa shape index (κ3) is 4.74. The number of sulfonamides is 1. The second-order valence-electron chi connectivity index (χ2n) is 9.34. The lowest BCUT2D eigenvalue weighted by Gasteiger charge is -2.31. The van der Waals surface area contributed by atoms with Crippen molar-refractivity contribution in [1.82, 2.24) is 4.31 Å². The molecule has 4 rings (SSSR count). The van der Waals surface area contributed by atoms with Gasteiger partial charge in [-0.1, -0.05) is 24.3 Å². The molecular formula is C26H32N2O5S. The van der Waals surface area contributed by atoms with E-state index in [9.17, 15) is 18.0 Å². The van der Waals surface area contributed by atoms with Gasteiger partial charge >= 0.3 is 5.97 Å². The summed E-state index contributed by atoms with van der Waals surface area (Å²) in [5.74, 6) is -0.818. The van der Waals surface area contributed by atoms with Gasteiger partial charge < -0.3 is 10.1 Å². The molecule has 1 heterocycles. The van der Waals surface area contributed by atoms with Crippen LogP contribution in [0.2, 0.25) is 0 Å². The van der Waals surface area contributed by atoms with Crippen LogP contribution in [0.1, 0.15) is 49.3 Å². The van der Waals surface area contributed by atoms with Crippen LogP contribution in [-0.4, -0.2) is 44.3 Å². The fourth-order valence-electron chi connectivity index (χ4n) is 4.62. The van der Waals surface area contributed by atoms with Gasteiger partial charge in [0, 0.05) is 18.8 Å². The Morgan fingerprint density at radius 2 is 1.82 bits per heavy atom. The van der Waals surface area contributed by atoms with Gasteiger partial charge in [0.05, 0.1) is 22.8 Å². The van der Waals surface area contributed by atoms with E-state index >= 15 is 0 Å². The summed E-state index contributed by atoms with van der Waals surface area (Å²) < 4.78 is 33.2.